The standard InChI is InChI=1S/C66H75Cl2N9O24.C17H18F3NO.ClH/c1-23(2)12-34(71-5)58(88)76-49-51(83)26-7-10-38(32(67)14-26)97-40-16-28-17-41(55(40)101-65-56(54(86)53(85)42(22-78)99-65)100-44-21-66(4,70)57(87)24(3)96-44)98-39-11-8-27(15-33(39)68)52(84)50-63(93)75-48(64(94)95)31-18-29(79)19-37(81)45(31)30-13-25(6-9-36(30)80)46(60(90)77-50)74-61(91)47(28)73-59(89)35(20-43(69)82)72-62(49)92;1-21-12-11-16(13-5-3-2-4-6-13)22-15-9-7-14(8-10-15)17(18,19)20;/h6-11,13-19,23-24,34-35,42,44,46-54,56-57,65,71,78-81,83-87H,12,20-22,70H2,1-5H3,(H2,69,82)(H,72,92)(H,73,89)(H,74,91)(H,75,93)(H,76,88)(H,77,90)(H,94,95);2-10,16,21H,11-12H2,1H3;1H/t24-,34+,35-,42+,44-,46+,47+,48+,49+,50-,51+,52+,53+,54-,56+,57?,65-,66-;;/m0../s1. The predicted molar refractivity (Wildman–Crippen MR) is 436 cm³/mol. The number of phenolic OH excluding ortho intramolecular Hbond substituents is 3. The van der Waals surface area contributed by atoms with Gasteiger partial charge in [0, 0.05) is 41.1 Å². The van der Waals surface area contributed by atoms with Gasteiger partial charge in [-0.05, 0) is 154 Å². The van der Waals surface area contributed by atoms with Gasteiger partial charge in [-0.3, -0.25) is 33.6 Å². The van der Waals surface area contributed by atoms with Crippen LogP contribution in [0.5, 0.6) is 51.7 Å². The maximum absolute atomic E-state index is 16.0. The van der Waals surface area contributed by atoms with Crippen molar-refractivity contribution in [1.29, 1.82) is 0 Å². The number of likely N-dealkylation sites (N-methyl/N-ethyl adjacent to an activating group) is 1. The molecule has 14 rings (SSSR count). The fourth-order valence-electron chi connectivity index (χ4n) is 14.6. The number of alkyl halides is 3. The van der Waals surface area contributed by atoms with E-state index in [1.807, 2.05) is 51.2 Å². The fourth-order valence-corrected chi connectivity index (χ4v) is 15.1. The average molecular weight is 1800 g/mol. The average Bonchev–Trinajstić information content (AvgIpc) is 0.766. The number of ether oxygens (including phenoxy) is 7. The number of primary amides is 1. The minimum Gasteiger partial charge on any atom is -0.508 e. The molecule has 0 spiro atoms. The number of aromatic hydroxyl groups is 3. The molecule has 11 bridgehead atoms. The van der Waals surface area contributed by atoms with E-state index in [1.54, 1.807) is 0 Å². The molecule has 124 heavy (non-hydrogen) atoms. The van der Waals surface area contributed by atoms with E-state index < -0.39 is 249 Å². The van der Waals surface area contributed by atoms with E-state index in [0.29, 0.717) is 5.75 Å². The number of carboxylic acids is 1. The highest BCUT2D eigenvalue weighted by Gasteiger charge is 2.52. The first-order valence-corrected chi connectivity index (χ1v) is 39.4. The lowest BCUT2D eigenvalue weighted by Gasteiger charge is -2.47. The van der Waals surface area contributed by atoms with E-state index in [-0.39, 0.29) is 64.7 Å². The van der Waals surface area contributed by atoms with Gasteiger partial charge in [-0.25, -0.2) is 4.79 Å². The van der Waals surface area contributed by atoms with Crippen molar-refractivity contribution < 1.29 is 136 Å². The van der Waals surface area contributed by atoms with Gasteiger partial charge in [0.15, 0.2) is 29.9 Å². The summed E-state index contributed by atoms with van der Waals surface area (Å²) >= 11 is 14.1. The monoisotopic (exact) mass is 1790 g/mol. The Bertz CT molecular complexity index is 5070. The molecule has 2 fully saturated rings. The molecule has 0 aliphatic carbocycles. The molecule has 668 valence electrons. The van der Waals surface area contributed by atoms with Gasteiger partial charge in [0.05, 0.1) is 46.9 Å². The van der Waals surface area contributed by atoms with Crippen LogP contribution < -0.4 is 72.9 Å². The smallest absolute Gasteiger partial charge is 0.416 e. The van der Waals surface area contributed by atoms with Crippen LogP contribution in [0.4, 0.5) is 13.2 Å². The second kappa shape index (κ2) is 40.4. The summed E-state index contributed by atoms with van der Waals surface area (Å²) in [7, 11) is 3.32. The van der Waals surface area contributed by atoms with Gasteiger partial charge >= 0.3 is 12.1 Å². The maximum atomic E-state index is 16.0. The number of nitrogens with one attached hydrogen (secondary N) is 8. The summed E-state index contributed by atoms with van der Waals surface area (Å²) in [4.78, 5) is 117. The Hall–Kier alpha value is -10.9. The largest absolute Gasteiger partial charge is 0.508 e. The van der Waals surface area contributed by atoms with Gasteiger partial charge in [0.1, 0.15) is 101 Å². The summed E-state index contributed by atoms with van der Waals surface area (Å²) < 4.78 is 81.9. The van der Waals surface area contributed by atoms with Crippen LogP contribution in [0.15, 0.2) is 133 Å². The molecule has 41 heteroatoms. The zero-order valence-corrected chi connectivity index (χ0v) is 69.3. The zero-order valence-electron chi connectivity index (χ0n) is 67.0. The highest BCUT2D eigenvalue weighted by Crippen LogP contribution is 2.50. The molecular formula is C83H94Cl3F3N10O25. The van der Waals surface area contributed by atoms with Crippen molar-refractivity contribution >= 4 is 82.9 Å². The van der Waals surface area contributed by atoms with Crippen LogP contribution in [0.25, 0.3) is 11.1 Å². The van der Waals surface area contributed by atoms with E-state index in [4.69, 9.17) is 67.8 Å². The Labute approximate surface area is 722 Å². The number of benzene rings is 7. The molecule has 35 nitrogen and oxygen atoms in total. The van der Waals surface area contributed by atoms with E-state index in [2.05, 4.69) is 42.5 Å². The molecule has 2 unspecified atom stereocenters. The fraction of sp³-hybridized carbons (Fsp3) is 0.398. The lowest BCUT2D eigenvalue weighted by Crippen LogP contribution is -2.64. The number of phenols is 3. The first kappa shape index (κ1) is 95.3. The minimum absolute atomic E-state index is 0. The van der Waals surface area contributed by atoms with Crippen molar-refractivity contribution in [2.75, 3.05) is 27.2 Å². The van der Waals surface area contributed by atoms with Crippen LogP contribution in [-0.2, 0) is 58.7 Å². The number of nitrogens with two attached hydrogens (primary N) is 2. The number of halogens is 6. The van der Waals surface area contributed by atoms with Crippen LogP contribution in [-0.4, -0.2) is 205 Å². The van der Waals surface area contributed by atoms with Crippen molar-refractivity contribution in [2.24, 2.45) is 17.4 Å². The Kier molecular flexibility index (Phi) is 31.0. The number of hydrogen-bond donors (Lipinski definition) is 20. The van der Waals surface area contributed by atoms with Crippen LogP contribution >= 0.6 is 35.6 Å². The van der Waals surface area contributed by atoms with Gasteiger partial charge in [-0.15, -0.1) is 12.4 Å². The molecule has 2 saturated heterocycles. The van der Waals surface area contributed by atoms with E-state index in [1.165, 1.54) is 45.2 Å². The third-order valence-electron chi connectivity index (χ3n) is 21.1. The van der Waals surface area contributed by atoms with Gasteiger partial charge in [-0.1, -0.05) is 85.6 Å². The van der Waals surface area contributed by atoms with Crippen molar-refractivity contribution in [3.05, 3.63) is 182 Å². The van der Waals surface area contributed by atoms with Crippen molar-refractivity contribution in [3.8, 4) is 62.9 Å². The number of rotatable bonds is 19. The van der Waals surface area contributed by atoms with Crippen molar-refractivity contribution in [2.45, 2.75) is 175 Å². The molecule has 7 aliphatic heterocycles. The second-order valence-corrected chi connectivity index (χ2v) is 31.5. The summed E-state index contributed by atoms with van der Waals surface area (Å²) in [6.07, 6.45) is -22.4. The second-order valence-electron chi connectivity index (χ2n) is 30.6. The van der Waals surface area contributed by atoms with E-state index >= 15 is 14.4 Å². The molecule has 7 aliphatic rings. The molecule has 0 radical (unpaired) electrons. The van der Waals surface area contributed by atoms with Crippen LogP contribution in [0.2, 0.25) is 10.0 Å². The predicted octanol–water partition coefficient (Wildman–Crippen LogP) is 4.96. The van der Waals surface area contributed by atoms with Gasteiger partial charge < -0.3 is 138 Å². The third-order valence-corrected chi connectivity index (χ3v) is 21.7. The lowest BCUT2D eigenvalue weighted by atomic mass is 9.86. The number of carboxylic acid groups (broad SMARTS) is 1. The number of carbonyl (C=O) groups is 8. The van der Waals surface area contributed by atoms with E-state index in [9.17, 15) is 88.2 Å². The highest BCUT2D eigenvalue weighted by molar-refractivity contribution is 6.32. The van der Waals surface area contributed by atoms with E-state index in [0.717, 1.165) is 97.4 Å². The summed E-state index contributed by atoms with van der Waals surface area (Å²) in [5.74, 6) is -15.6. The van der Waals surface area contributed by atoms with Crippen LogP contribution in [0.3, 0.4) is 0 Å². The Morgan fingerprint density at radius 3 is 1.87 bits per heavy atom. The third kappa shape index (κ3) is 22.0. The SMILES string of the molecule is CNCCC(Oc1ccc(C(F)(F)F)cc1)c1ccccc1.CN[C@H](CC(C)C)C(=O)N[C@H]1C(=O)N[C@@H](CC(N)=O)C(=O)N[C@H]2C(=O)N[C@H]3C(=O)N[C@H](C(=O)N[C@@H](C(=O)O)c4cc(O)cc(O)c4-c4cc3ccc4O)[C@H](O)c3ccc(c(Cl)c3)Oc3cc2cc(c3O[C@@H]2O[C@H](CO)[C@@H](O)[C@H](O)[C@H]2O[C@H]2C[C@](C)(N)C(O)[C@H](C)O2)Oc2ccc(cc2Cl)[C@H]1O.Cl. The number of aliphatic hydroxyl groups excluding tert-OH is 6. The maximum Gasteiger partial charge on any atom is 0.416 e. The number of aliphatic hydroxyl groups is 6. The Balaban J connectivity index is 0.000000606. The van der Waals surface area contributed by atoms with Gasteiger partial charge in [0.25, 0.3) is 0 Å². The summed E-state index contributed by atoms with van der Waals surface area (Å²) in [5.41, 5.74) is 8.33. The first-order chi connectivity index (χ1) is 58.2. The summed E-state index contributed by atoms with van der Waals surface area (Å²) in [6.45, 7) is 6.41. The van der Waals surface area contributed by atoms with Crippen molar-refractivity contribution in [3.63, 3.8) is 0 Å². The van der Waals surface area contributed by atoms with Gasteiger partial charge in [0.2, 0.25) is 53.4 Å². The van der Waals surface area contributed by atoms with Crippen LogP contribution in [0, 0.1) is 5.92 Å². The summed E-state index contributed by atoms with van der Waals surface area (Å²) in [6, 6.07) is 13.8. The Morgan fingerprint density at radius 2 is 1.30 bits per heavy atom. The molecule has 0 aromatic heterocycles. The molecule has 7 amide bonds. The quantitative estimate of drug-likeness (QED) is 0.0508. The molecular weight excluding hydrogens is 1700 g/mol. The topological polar surface area (TPSA) is 552 Å². The Morgan fingerprint density at radius 1 is 0.694 bits per heavy atom. The van der Waals surface area contributed by atoms with Crippen LogP contribution in [0.1, 0.15) is 129 Å². The van der Waals surface area contributed by atoms with Crippen molar-refractivity contribution in [1.82, 2.24) is 42.5 Å². The van der Waals surface area contributed by atoms with Gasteiger partial charge in [-0.2, -0.15) is 13.2 Å². The lowest BCUT2D eigenvalue weighted by molar-refractivity contribution is -0.333. The zero-order chi connectivity index (χ0) is 89.5. The number of hydrogen-bond acceptors (Lipinski definition) is 27. The first-order valence-electron chi connectivity index (χ1n) is 38.7. The number of aliphatic carboxylic acids is 1. The molecule has 0 saturated carbocycles. The molecule has 22 N–H and O–H groups in total. The number of amides is 7. The number of fused-ring (bicyclic) bond motifs is 15. The molecule has 7 heterocycles. The molecule has 7 aromatic rings. The minimum atomic E-state index is -4.33. The molecule has 19 atom stereocenters. The molecule has 7 aromatic carbocycles. The highest BCUT2D eigenvalue weighted by atomic mass is 35.5. The normalized spacial score (nSPS) is 26.3. The summed E-state index contributed by atoms with van der Waals surface area (Å²) in [5, 5.41) is 134. The number of carbonyl (C=O) groups excluding carboxylic acids is 7.